The van der Waals surface area contributed by atoms with Crippen molar-refractivity contribution in [1.82, 2.24) is 9.38 Å². The first-order valence-corrected chi connectivity index (χ1v) is 3.72. The third-order valence-electron chi connectivity index (χ3n) is 1.78. The van der Waals surface area contributed by atoms with E-state index in [1.165, 1.54) is 6.20 Å². The number of nitrogens with zero attached hydrogens (tertiary/aromatic N) is 2. The standard InChI is InChI=1S/C8H8N4O/c9-6-2-1-3-7-11-5(8(10)13)4-12(6)7/h1-4H,9H2,(H2,10,13). The maximum Gasteiger partial charge on any atom is 0.268 e. The molecule has 0 saturated heterocycles. The molecule has 2 aromatic rings. The molecule has 0 fully saturated rings. The molecule has 5 heteroatoms. The van der Waals surface area contributed by atoms with E-state index in [9.17, 15) is 4.79 Å². The Morgan fingerprint density at radius 1 is 1.46 bits per heavy atom. The molecule has 5 nitrogen and oxygen atoms in total. The van der Waals surface area contributed by atoms with Crippen LogP contribution in [0.25, 0.3) is 5.65 Å². The van der Waals surface area contributed by atoms with Crippen molar-refractivity contribution >= 4 is 17.4 Å². The summed E-state index contributed by atoms with van der Waals surface area (Å²) in [6, 6.07) is 5.24. The predicted octanol–water partition coefficient (Wildman–Crippen LogP) is 0.0154. The molecule has 1 amide bonds. The molecule has 0 aliphatic rings. The second-order valence-electron chi connectivity index (χ2n) is 2.67. The molecule has 0 radical (unpaired) electrons. The lowest BCUT2D eigenvalue weighted by Crippen LogP contribution is -2.10. The lowest BCUT2D eigenvalue weighted by molar-refractivity contribution is 0.0996. The van der Waals surface area contributed by atoms with E-state index in [-0.39, 0.29) is 5.69 Å². The Labute approximate surface area is 74.0 Å². The first-order valence-electron chi connectivity index (χ1n) is 3.72. The molecule has 0 spiro atoms. The van der Waals surface area contributed by atoms with Gasteiger partial charge in [-0.3, -0.25) is 9.20 Å². The number of primary amides is 1. The van der Waals surface area contributed by atoms with Crippen LogP contribution in [0.4, 0.5) is 5.82 Å². The van der Waals surface area contributed by atoms with Crippen LogP contribution in [-0.4, -0.2) is 15.3 Å². The topological polar surface area (TPSA) is 86.4 Å². The van der Waals surface area contributed by atoms with Gasteiger partial charge in [0.2, 0.25) is 0 Å². The summed E-state index contributed by atoms with van der Waals surface area (Å²) >= 11 is 0. The summed E-state index contributed by atoms with van der Waals surface area (Å²) in [7, 11) is 0. The van der Waals surface area contributed by atoms with E-state index in [1.54, 1.807) is 22.6 Å². The normalized spacial score (nSPS) is 10.5. The van der Waals surface area contributed by atoms with Gasteiger partial charge < -0.3 is 11.5 Å². The number of aromatic nitrogens is 2. The van der Waals surface area contributed by atoms with E-state index in [4.69, 9.17) is 11.5 Å². The SMILES string of the molecule is NC(=O)c1cn2c(N)cccc2n1. The van der Waals surface area contributed by atoms with Crippen molar-refractivity contribution in [1.29, 1.82) is 0 Å². The van der Waals surface area contributed by atoms with Gasteiger partial charge in [-0.1, -0.05) is 6.07 Å². The highest BCUT2D eigenvalue weighted by molar-refractivity contribution is 5.91. The molecule has 2 aromatic heterocycles. The summed E-state index contributed by atoms with van der Waals surface area (Å²) in [6.07, 6.45) is 1.52. The van der Waals surface area contributed by atoms with Crippen molar-refractivity contribution < 1.29 is 4.79 Å². The summed E-state index contributed by atoms with van der Waals surface area (Å²) in [5, 5.41) is 0. The third-order valence-corrected chi connectivity index (χ3v) is 1.78. The van der Waals surface area contributed by atoms with Crippen LogP contribution in [0, 0.1) is 0 Å². The minimum Gasteiger partial charge on any atom is -0.385 e. The Hall–Kier alpha value is -2.04. The predicted molar refractivity (Wildman–Crippen MR) is 48.1 cm³/mol. The van der Waals surface area contributed by atoms with Crippen molar-refractivity contribution in [2.45, 2.75) is 0 Å². The lowest BCUT2D eigenvalue weighted by Gasteiger charge is -1.95. The molecule has 0 aliphatic carbocycles. The molecule has 0 unspecified atom stereocenters. The molecule has 66 valence electrons. The summed E-state index contributed by atoms with van der Waals surface area (Å²) in [6.45, 7) is 0. The molecule has 0 aromatic carbocycles. The summed E-state index contributed by atoms with van der Waals surface area (Å²) in [5.74, 6) is -0.0272. The number of nitrogen functional groups attached to an aromatic ring is 1. The number of fused-ring (bicyclic) bond motifs is 1. The summed E-state index contributed by atoms with van der Waals surface area (Å²) in [4.78, 5) is 14.8. The quantitative estimate of drug-likeness (QED) is 0.641. The van der Waals surface area contributed by atoms with E-state index in [0.29, 0.717) is 11.5 Å². The van der Waals surface area contributed by atoms with Gasteiger partial charge in [-0.2, -0.15) is 0 Å². The third kappa shape index (κ3) is 1.10. The fourth-order valence-electron chi connectivity index (χ4n) is 1.15. The molecular weight excluding hydrogens is 168 g/mol. The van der Waals surface area contributed by atoms with Crippen molar-refractivity contribution in [2.75, 3.05) is 5.73 Å². The first kappa shape index (κ1) is 7.60. The first-order chi connectivity index (χ1) is 6.18. The fourth-order valence-corrected chi connectivity index (χ4v) is 1.15. The number of nitrogens with two attached hydrogens (primary N) is 2. The van der Waals surface area contributed by atoms with Crippen LogP contribution >= 0.6 is 0 Å². The van der Waals surface area contributed by atoms with Gasteiger partial charge in [0, 0.05) is 6.20 Å². The highest BCUT2D eigenvalue weighted by Crippen LogP contribution is 2.09. The second kappa shape index (κ2) is 2.48. The van der Waals surface area contributed by atoms with Crippen molar-refractivity contribution in [3.8, 4) is 0 Å². The van der Waals surface area contributed by atoms with Crippen LogP contribution in [0.1, 0.15) is 10.5 Å². The Morgan fingerprint density at radius 3 is 2.85 bits per heavy atom. The average Bonchev–Trinajstić information content (AvgIpc) is 2.49. The van der Waals surface area contributed by atoms with E-state index in [0.717, 1.165) is 0 Å². The van der Waals surface area contributed by atoms with E-state index in [1.807, 2.05) is 0 Å². The largest absolute Gasteiger partial charge is 0.385 e. The lowest BCUT2D eigenvalue weighted by atomic mass is 10.4. The van der Waals surface area contributed by atoms with Crippen molar-refractivity contribution in [3.05, 3.63) is 30.1 Å². The Bertz CT molecular complexity index is 474. The van der Waals surface area contributed by atoms with E-state index >= 15 is 0 Å². The smallest absolute Gasteiger partial charge is 0.268 e. The fraction of sp³-hybridized carbons (Fsp3) is 0. The maximum atomic E-state index is 10.8. The van der Waals surface area contributed by atoms with Crippen LogP contribution in [0.2, 0.25) is 0 Å². The molecule has 2 rings (SSSR count). The van der Waals surface area contributed by atoms with Gasteiger partial charge in [0.1, 0.15) is 17.2 Å². The zero-order valence-electron chi connectivity index (χ0n) is 6.77. The minimum atomic E-state index is -0.553. The molecule has 0 atom stereocenters. The molecule has 13 heavy (non-hydrogen) atoms. The van der Waals surface area contributed by atoms with Gasteiger partial charge in [0.15, 0.2) is 0 Å². The van der Waals surface area contributed by atoms with Crippen LogP contribution in [0.5, 0.6) is 0 Å². The van der Waals surface area contributed by atoms with Crippen LogP contribution in [0.3, 0.4) is 0 Å². The van der Waals surface area contributed by atoms with Gasteiger partial charge in [0.05, 0.1) is 0 Å². The zero-order chi connectivity index (χ0) is 9.42. The van der Waals surface area contributed by atoms with Gasteiger partial charge in [-0.05, 0) is 12.1 Å². The number of anilines is 1. The van der Waals surface area contributed by atoms with E-state index < -0.39 is 5.91 Å². The number of hydrogen-bond acceptors (Lipinski definition) is 3. The Balaban J connectivity index is 2.75. The van der Waals surface area contributed by atoms with Gasteiger partial charge in [-0.25, -0.2) is 4.98 Å². The zero-order valence-corrected chi connectivity index (χ0v) is 6.77. The second-order valence-corrected chi connectivity index (χ2v) is 2.67. The van der Waals surface area contributed by atoms with Crippen LogP contribution < -0.4 is 11.5 Å². The molecule has 0 saturated carbocycles. The molecule has 2 heterocycles. The van der Waals surface area contributed by atoms with Gasteiger partial charge in [-0.15, -0.1) is 0 Å². The number of amides is 1. The summed E-state index contributed by atoms with van der Waals surface area (Å²) < 4.78 is 1.61. The van der Waals surface area contributed by atoms with E-state index in [2.05, 4.69) is 4.98 Å². The monoisotopic (exact) mass is 176 g/mol. The molecular formula is C8H8N4O. The number of pyridine rings is 1. The molecule has 4 N–H and O–H groups in total. The average molecular weight is 176 g/mol. The minimum absolute atomic E-state index is 0.220. The Kier molecular flexibility index (Phi) is 1.45. The van der Waals surface area contributed by atoms with Crippen molar-refractivity contribution in [2.24, 2.45) is 5.73 Å². The molecule has 0 bridgehead atoms. The number of carbonyl (C=O) groups excluding carboxylic acids is 1. The van der Waals surface area contributed by atoms with Crippen molar-refractivity contribution in [3.63, 3.8) is 0 Å². The van der Waals surface area contributed by atoms with Gasteiger partial charge in [0.25, 0.3) is 5.91 Å². The number of imidazole rings is 1. The highest BCUT2D eigenvalue weighted by Gasteiger charge is 2.06. The van der Waals surface area contributed by atoms with Crippen LogP contribution in [0.15, 0.2) is 24.4 Å². The number of hydrogen-bond donors (Lipinski definition) is 2. The number of rotatable bonds is 1. The highest BCUT2D eigenvalue weighted by atomic mass is 16.1. The maximum absolute atomic E-state index is 10.8. The number of carbonyl (C=O) groups is 1. The van der Waals surface area contributed by atoms with Crippen LogP contribution in [-0.2, 0) is 0 Å². The Morgan fingerprint density at radius 2 is 2.23 bits per heavy atom. The summed E-state index contributed by atoms with van der Waals surface area (Å²) in [5.41, 5.74) is 11.6. The molecule has 0 aliphatic heterocycles. The van der Waals surface area contributed by atoms with Gasteiger partial charge >= 0.3 is 0 Å².